The number of halogens is 1. The number of hydrogen-bond acceptors (Lipinski definition) is 4. The molecule has 0 aliphatic carbocycles. The Balaban J connectivity index is 2.07. The third-order valence-corrected chi connectivity index (χ3v) is 4.11. The molecule has 1 aromatic carbocycles. The Bertz CT molecular complexity index is 795. The van der Waals surface area contributed by atoms with Gasteiger partial charge in [0.2, 0.25) is 0 Å². The van der Waals surface area contributed by atoms with E-state index in [9.17, 15) is 4.79 Å². The molecular formula is C15H11ClN2O2S. The maximum absolute atomic E-state index is 11.0. The molecule has 0 radical (unpaired) electrons. The normalized spacial score (nSPS) is 10.6. The summed E-state index contributed by atoms with van der Waals surface area (Å²) in [7, 11) is 1.61. The Kier molecular flexibility index (Phi) is 3.77. The largest absolute Gasteiger partial charge is 0.496 e. The third kappa shape index (κ3) is 2.57. The first-order valence-corrected chi connectivity index (χ1v) is 7.41. The highest BCUT2D eigenvalue weighted by molar-refractivity contribution is 7.12. The van der Waals surface area contributed by atoms with E-state index in [0.29, 0.717) is 16.5 Å². The number of thiazole rings is 1. The summed E-state index contributed by atoms with van der Waals surface area (Å²) in [5.41, 5.74) is 2.15. The molecule has 0 aliphatic rings. The van der Waals surface area contributed by atoms with Gasteiger partial charge in [0, 0.05) is 22.2 Å². The quantitative estimate of drug-likeness (QED) is 0.681. The number of carbonyl (C=O) groups is 1. The Labute approximate surface area is 130 Å². The van der Waals surface area contributed by atoms with Crippen molar-refractivity contribution in [2.45, 2.75) is 0 Å². The lowest BCUT2D eigenvalue weighted by molar-refractivity contribution is 0.111. The van der Waals surface area contributed by atoms with Crippen LogP contribution >= 0.6 is 22.9 Å². The second kappa shape index (κ2) is 5.71. The molecule has 0 spiro atoms. The minimum absolute atomic E-state index is 0.564. The molecule has 0 fully saturated rings. The van der Waals surface area contributed by atoms with Gasteiger partial charge in [0.1, 0.15) is 5.75 Å². The Morgan fingerprint density at radius 3 is 3.00 bits per heavy atom. The monoisotopic (exact) mass is 318 g/mol. The van der Waals surface area contributed by atoms with Crippen LogP contribution in [0.25, 0.3) is 16.4 Å². The Morgan fingerprint density at radius 2 is 2.24 bits per heavy atom. The van der Waals surface area contributed by atoms with E-state index in [1.165, 1.54) is 11.3 Å². The van der Waals surface area contributed by atoms with E-state index < -0.39 is 0 Å². The van der Waals surface area contributed by atoms with Gasteiger partial charge in [-0.3, -0.25) is 9.36 Å². The number of carbonyl (C=O) groups excluding carboxylic acids is 1. The van der Waals surface area contributed by atoms with Crippen molar-refractivity contribution in [3.8, 4) is 22.1 Å². The highest BCUT2D eigenvalue weighted by Crippen LogP contribution is 2.34. The summed E-state index contributed by atoms with van der Waals surface area (Å²) >= 11 is 7.50. The van der Waals surface area contributed by atoms with Crippen LogP contribution in [0.1, 0.15) is 10.5 Å². The minimum Gasteiger partial charge on any atom is -0.496 e. The lowest BCUT2D eigenvalue weighted by atomic mass is 10.1. The van der Waals surface area contributed by atoms with Crippen LogP contribution in [0.2, 0.25) is 5.02 Å². The van der Waals surface area contributed by atoms with Gasteiger partial charge < -0.3 is 4.74 Å². The van der Waals surface area contributed by atoms with E-state index in [4.69, 9.17) is 16.3 Å². The summed E-state index contributed by atoms with van der Waals surface area (Å²) in [4.78, 5) is 15.6. The van der Waals surface area contributed by atoms with E-state index in [1.54, 1.807) is 23.8 Å². The third-order valence-electron chi connectivity index (χ3n) is 3.04. The molecule has 2 aromatic heterocycles. The number of nitrogens with zero attached hydrogens (tertiary/aromatic N) is 2. The summed E-state index contributed by atoms with van der Waals surface area (Å²) in [6.07, 6.45) is 2.61. The smallest absolute Gasteiger partial charge is 0.194 e. The Morgan fingerprint density at radius 1 is 1.38 bits per heavy atom. The maximum Gasteiger partial charge on any atom is 0.194 e. The lowest BCUT2D eigenvalue weighted by Gasteiger charge is -2.06. The molecule has 106 valence electrons. The van der Waals surface area contributed by atoms with Crippen LogP contribution in [-0.2, 0) is 0 Å². The van der Waals surface area contributed by atoms with Gasteiger partial charge in [-0.15, -0.1) is 11.3 Å². The van der Waals surface area contributed by atoms with Crippen LogP contribution in [0.3, 0.4) is 0 Å². The molecule has 0 atom stereocenters. The van der Waals surface area contributed by atoms with Gasteiger partial charge >= 0.3 is 0 Å². The van der Waals surface area contributed by atoms with Crippen LogP contribution < -0.4 is 4.74 Å². The van der Waals surface area contributed by atoms with Crippen LogP contribution in [0.4, 0.5) is 0 Å². The van der Waals surface area contributed by atoms with Crippen molar-refractivity contribution in [2.24, 2.45) is 0 Å². The molecular weight excluding hydrogens is 308 g/mol. The highest BCUT2D eigenvalue weighted by Gasteiger charge is 2.12. The molecule has 4 nitrogen and oxygen atoms in total. The average Bonchev–Trinajstić information content (AvgIpc) is 3.15. The van der Waals surface area contributed by atoms with Crippen molar-refractivity contribution in [1.29, 1.82) is 0 Å². The zero-order chi connectivity index (χ0) is 14.8. The maximum atomic E-state index is 11.0. The standard InChI is InChI=1S/C15H11ClN2O2S/c1-20-14-5-4-10(16)7-12(14)13-9-21-15(17-13)18-6-2-3-11(18)8-19/h2-9H,1H3. The number of aromatic nitrogens is 2. The predicted molar refractivity (Wildman–Crippen MR) is 83.8 cm³/mol. The average molecular weight is 319 g/mol. The first-order chi connectivity index (χ1) is 10.2. The molecule has 0 aliphatic heterocycles. The molecule has 0 saturated carbocycles. The molecule has 0 unspecified atom stereocenters. The van der Waals surface area contributed by atoms with Gasteiger partial charge in [-0.1, -0.05) is 11.6 Å². The summed E-state index contributed by atoms with van der Waals surface area (Å²) in [5, 5.41) is 3.26. The summed E-state index contributed by atoms with van der Waals surface area (Å²) in [6.45, 7) is 0. The molecule has 21 heavy (non-hydrogen) atoms. The van der Waals surface area contributed by atoms with E-state index in [0.717, 1.165) is 22.7 Å². The number of hydrogen-bond donors (Lipinski definition) is 0. The number of methoxy groups -OCH3 is 1. The van der Waals surface area contributed by atoms with Gasteiger partial charge in [0.15, 0.2) is 11.4 Å². The molecule has 0 N–H and O–H groups in total. The first-order valence-electron chi connectivity index (χ1n) is 6.15. The Hall–Kier alpha value is -2.11. The molecule has 3 rings (SSSR count). The highest BCUT2D eigenvalue weighted by atomic mass is 35.5. The van der Waals surface area contributed by atoms with Gasteiger partial charge in [0.25, 0.3) is 0 Å². The molecule has 0 amide bonds. The van der Waals surface area contributed by atoms with Crippen molar-refractivity contribution in [1.82, 2.24) is 9.55 Å². The van der Waals surface area contributed by atoms with E-state index >= 15 is 0 Å². The van der Waals surface area contributed by atoms with Crippen LogP contribution in [0.5, 0.6) is 5.75 Å². The van der Waals surface area contributed by atoms with Gasteiger partial charge in [-0.25, -0.2) is 4.98 Å². The van der Waals surface area contributed by atoms with Crippen LogP contribution in [-0.4, -0.2) is 22.9 Å². The van der Waals surface area contributed by atoms with Crippen molar-refractivity contribution in [3.63, 3.8) is 0 Å². The van der Waals surface area contributed by atoms with Crippen molar-refractivity contribution in [2.75, 3.05) is 7.11 Å². The van der Waals surface area contributed by atoms with Gasteiger partial charge in [-0.2, -0.15) is 0 Å². The zero-order valence-electron chi connectivity index (χ0n) is 11.1. The van der Waals surface area contributed by atoms with Crippen molar-refractivity contribution >= 4 is 29.2 Å². The zero-order valence-corrected chi connectivity index (χ0v) is 12.7. The fourth-order valence-corrected chi connectivity index (χ4v) is 3.04. The van der Waals surface area contributed by atoms with E-state index in [-0.39, 0.29) is 0 Å². The lowest BCUT2D eigenvalue weighted by Crippen LogP contribution is -1.96. The summed E-state index contributed by atoms with van der Waals surface area (Å²) < 4.78 is 7.09. The van der Waals surface area contributed by atoms with Crippen LogP contribution in [0.15, 0.2) is 41.9 Å². The predicted octanol–water partition coefficient (Wildman–Crippen LogP) is 4.08. The topological polar surface area (TPSA) is 44.1 Å². The van der Waals surface area contributed by atoms with Crippen LogP contribution in [0, 0.1) is 0 Å². The van der Waals surface area contributed by atoms with Crippen molar-refractivity contribution in [3.05, 3.63) is 52.6 Å². The molecule has 3 aromatic rings. The van der Waals surface area contributed by atoms with Gasteiger partial charge in [0.05, 0.1) is 18.5 Å². The molecule has 0 bridgehead atoms. The number of ether oxygens (including phenoxy) is 1. The molecule has 6 heteroatoms. The van der Waals surface area contributed by atoms with Crippen molar-refractivity contribution < 1.29 is 9.53 Å². The number of rotatable bonds is 4. The second-order valence-electron chi connectivity index (χ2n) is 4.28. The summed E-state index contributed by atoms with van der Waals surface area (Å²) in [5.74, 6) is 0.708. The van der Waals surface area contributed by atoms with Gasteiger partial charge in [-0.05, 0) is 30.3 Å². The SMILES string of the molecule is COc1ccc(Cl)cc1-c1csc(-n2cccc2C=O)n1. The fourth-order valence-electron chi connectivity index (χ4n) is 2.04. The second-order valence-corrected chi connectivity index (χ2v) is 5.55. The fraction of sp³-hybridized carbons (Fsp3) is 0.0667. The summed E-state index contributed by atoms with van der Waals surface area (Å²) in [6, 6.07) is 8.95. The molecule has 2 heterocycles. The number of aldehydes is 1. The van der Waals surface area contributed by atoms with E-state index in [2.05, 4.69) is 4.98 Å². The first kappa shape index (κ1) is 13.9. The number of benzene rings is 1. The minimum atomic E-state index is 0.564. The molecule has 0 saturated heterocycles. The van der Waals surface area contributed by atoms with E-state index in [1.807, 2.05) is 29.8 Å².